The molecule has 0 N–H and O–H groups in total. The molecular formula is C3H9O. The van der Waals surface area contributed by atoms with Crippen molar-refractivity contribution in [1.29, 1.82) is 0 Å². The SMILES string of the molecule is C.CC[O]. The van der Waals surface area contributed by atoms with E-state index in [1.807, 2.05) is 0 Å². The molecule has 0 aromatic carbocycles. The molecule has 0 saturated heterocycles. The van der Waals surface area contributed by atoms with Crippen LogP contribution in [0.1, 0.15) is 14.4 Å². The highest BCUT2D eigenvalue weighted by molar-refractivity contribution is 3.83. The number of hydrogen-bond donors (Lipinski definition) is 0. The van der Waals surface area contributed by atoms with Crippen molar-refractivity contribution in [3.05, 3.63) is 0 Å². The van der Waals surface area contributed by atoms with Gasteiger partial charge in [0.2, 0.25) is 0 Å². The average molecular weight is 61.1 g/mol. The topological polar surface area (TPSA) is 19.9 Å². The normalized spacial score (nSPS) is 4.50. The molecule has 0 atom stereocenters. The highest BCUT2D eigenvalue weighted by atomic mass is 16.2. The Bertz CT molecular complexity index is 3.25. The monoisotopic (exact) mass is 61.1 g/mol. The summed E-state index contributed by atoms with van der Waals surface area (Å²) in [5.41, 5.74) is 0. The fraction of sp³-hybridized carbons (Fsp3) is 1.00. The highest BCUT2D eigenvalue weighted by Gasteiger charge is 1.39. The third-order valence-electron chi connectivity index (χ3n) is 0. The molecule has 4 heavy (non-hydrogen) atoms. The van der Waals surface area contributed by atoms with Crippen LogP contribution in [0.15, 0.2) is 0 Å². The standard InChI is InChI=1S/C2H5O.CH4/c1-2-3;/h2H2,1H3;1H4. The molecule has 27 valence electrons. The van der Waals surface area contributed by atoms with E-state index in [0.717, 1.165) is 0 Å². The molecular weight excluding hydrogens is 52.0 g/mol. The number of hydrogen-bond acceptors (Lipinski definition) is 0. The van der Waals surface area contributed by atoms with Crippen LogP contribution in [0.2, 0.25) is 0 Å². The van der Waals surface area contributed by atoms with Crippen molar-refractivity contribution in [3.63, 3.8) is 0 Å². The van der Waals surface area contributed by atoms with E-state index in [0.29, 0.717) is 0 Å². The predicted octanol–water partition coefficient (Wildman–Crippen LogP) is 1.07. The van der Waals surface area contributed by atoms with Crippen LogP contribution < -0.4 is 0 Å². The molecule has 0 heterocycles. The van der Waals surface area contributed by atoms with Gasteiger partial charge in [0, 0.05) is 0 Å². The molecule has 0 spiro atoms. The van der Waals surface area contributed by atoms with Crippen molar-refractivity contribution in [2.45, 2.75) is 14.4 Å². The lowest BCUT2D eigenvalue weighted by molar-refractivity contribution is 0.212. The zero-order valence-electron chi connectivity index (χ0n) is 2.12. The first-order chi connectivity index (χ1) is 1.41. The van der Waals surface area contributed by atoms with Crippen LogP contribution in [0.3, 0.4) is 0 Å². The molecule has 1 heteroatoms. The zero-order chi connectivity index (χ0) is 2.71. The van der Waals surface area contributed by atoms with E-state index < -0.39 is 0 Å². The molecule has 0 bridgehead atoms. The first-order valence-corrected chi connectivity index (χ1v) is 0.996. The fourth-order valence-corrected chi connectivity index (χ4v) is 0. The maximum absolute atomic E-state index is 8.93. The summed E-state index contributed by atoms with van der Waals surface area (Å²) in [5, 5.41) is 8.93. The lowest BCUT2D eigenvalue weighted by Crippen LogP contribution is -1.52. The van der Waals surface area contributed by atoms with Gasteiger partial charge in [0.1, 0.15) is 0 Å². The second kappa shape index (κ2) is 12.3. The first kappa shape index (κ1) is 9.03. The van der Waals surface area contributed by atoms with Crippen LogP contribution >= 0.6 is 0 Å². The molecule has 0 amide bonds. The first-order valence-electron chi connectivity index (χ1n) is 0.996. The lowest BCUT2D eigenvalue weighted by atomic mass is 10.9. The van der Waals surface area contributed by atoms with Crippen molar-refractivity contribution in [1.82, 2.24) is 0 Å². The minimum atomic E-state index is 0. The van der Waals surface area contributed by atoms with Crippen LogP contribution in [-0.4, -0.2) is 6.61 Å². The van der Waals surface area contributed by atoms with Crippen LogP contribution in [0, 0.1) is 0 Å². The van der Waals surface area contributed by atoms with Gasteiger partial charge >= 0.3 is 0 Å². The largest absolute Gasteiger partial charge is 0.237 e. The van der Waals surface area contributed by atoms with Crippen LogP contribution in [0.5, 0.6) is 0 Å². The van der Waals surface area contributed by atoms with Gasteiger partial charge in [-0.05, 0) is 6.92 Å². The second-order valence-corrected chi connectivity index (χ2v) is 0.289. The summed E-state index contributed by atoms with van der Waals surface area (Å²) in [7, 11) is 0. The van der Waals surface area contributed by atoms with E-state index in [1.54, 1.807) is 6.92 Å². The minimum Gasteiger partial charge on any atom is -0.237 e. The molecule has 0 aromatic heterocycles. The van der Waals surface area contributed by atoms with Gasteiger partial charge in [-0.2, -0.15) is 0 Å². The lowest BCUT2D eigenvalue weighted by Gasteiger charge is -1.45. The zero-order valence-corrected chi connectivity index (χ0v) is 2.12. The Kier molecular flexibility index (Phi) is 27.9. The van der Waals surface area contributed by atoms with Gasteiger partial charge in [0.25, 0.3) is 0 Å². The summed E-state index contributed by atoms with van der Waals surface area (Å²) in [5.74, 6) is 0. The summed E-state index contributed by atoms with van der Waals surface area (Å²) >= 11 is 0. The maximum atomic E-state index is 8.93. The van der Waals surface area contributed by atoms with Gasteiger partial charge in [0.15, 0.2) is 0 Å². The molecule has 0 aromatic rings. The molecule has 0 fully saturated rings. The van der Waals surface area contributed by atoms with Crippen LogP contribution in [-0.2, 0) is 5.11 Å². The smallest absolute Gasteiger partial charge is 0.0794 e. The van der Waals surface area contributed by atoms with E-state index in [-0.39, 0.29) is 14.0 Å². The molecule has 1 radical (unpaired) electrons. The maximum Gasteiger partial charge on any atom is 0.0794 e. The highest BCUT2D eigenvalue weighted by Crippen LogP contribution is 1.33. The summed E-state index contributed by atoms with van der Waals surface area (Å²) in [6.45, 7) is 1.57. The summed E-state index contributed by atoms with van der Waals surface area (Å²) < 4.78 is 0. The summed E-state index contributed by atoms with van der Waals surface area (Å²) in [6, 6.07) is 0. The average Bonchev–Trinajstić information content (AvgIpc) is 0.918. The Labute approximate surface area is 27.3 Å². The van der Waals surface area contributed by atoms with Crippen molar-refractivity contribution >= 4 is 0 Å². The van der Waals surface area contributed by atoms with E-state index in [2.05, 4.69) is 0 Å². The Hall–Kier alpha value is -0.0400. The Morgan fingerprint density at radius 2 is 1.75 bits per heavy atom. The van der Waals surface area contributed by atoms with E-state index in [9.17, 15) is 0 Å². The van der Waals surface area contributed by atoms with Crippen LogP contribution in [0.25, 0.3) is 0 Å². The van der Waals surface area contributed by atoms with E-state index >= 15 is 0 Å². The molecule has 0 aliphatic rings. The quantitative estimate of drug-likeness (QED) is 0.399. The third-order valence-corrected chi connectivity index (χ3v) is 0. The molecule has 0 aliphatic carbocycles. The van der Waals surface area contributed by atoms with Gasteiger partial charge in [-0.1, -0.05) is 7.43 Å². The van der Waals surface area contributed by atoms with Crippen molar-refractivity contribution < 1.29 is 5.11 Å². The molecule has 0 unspecified atom stereocenters. The molecule has 0 rings (SSSR count). The van der Waals surface area contributed by atoms with Gasteiger partial charge < -0.3 is 0 Å². The second-order valence-electron chi connectivity index (χ2n) is 0.289. The van der Waals surface area contributed by atoms with Crippen molar-refractivity contribution in [2.24, 2.45) is 0 Å². The van der Waals surface area contributed by atoms with Crippen molar-refractivity contribution in [3.8, 4) is 0 Å². The van der Waals surface area contributed by atoms with E-state index in [1.165, 1.54) is 0 Å². The van der Waals surface area contributed by atoms with Crippen molar-refractivity contribution in [2.75, 3.05) is 6.61 Å². The Morgan fingerprint density at radius 1 is 1.75 bits per heavy atom. The minimum absolute atomic E-state index is 0. The van der Waals surface area contributed by atoms with Gasteiger partial charge in [-0.3, -0.25) is 0 Å². The predicted molar refractivity (Wildman–Crippen MR) is 18.0 cm³/mol. The Balaban J connectivity index is 0. The van der Waals surface area contributed by atoms with E-state index in [4.69, 9.17) is 5.11 Å². The fourth-order valence-electron chi connectivity index (χ4n) is 0. The number of rotatable bonds is 0. The Morgan fingerprint density at radius 3 is 1.75 bits per heavy atom. The molecule has 1 nitrogen and oxygen atoms in total. The van der Waals surface area contributed by atoms with Gasteiger partial charge in [-0.15, -0.1) is 0 Å². The molecule has 0 saturated carbocycles. The molecule has 0 aliphatic heterocycles. The van der Waals surface area contributed by atoms with Gasteiger partial charge in [0.05, 0.1) is 6.61 Å². The summed E-state index contributed by atoms with van der Waals surface area (Å²) in [6.07, 6.45) is 0. The van der Waals surface area contributed by atoms with Gasteiger partial charge in [-0.25, -0.2) is 5.11 Å². The summed E-state index contributed by atoms with van der Waals surface area (Å²) in [4.78, 5) is 0. The third kappa shape index (κ3) is 1130. The van der Waals surface area contributed by atoms with Crippen LogP contribution in [0.4, 0.5) is 0 Å².